The number of fused-ring (bicyclic) bond motifs is 1. The highest BCUT2D eigenvalue weighted by molar-refractivity contribution is 7.14. The van der Waals surface area contributed by atoms with Gasteiger partial charge < -0.3 is 4.74 Å². The maximum absolute atomic E-state index is 12.6. The average Bonchev–Trinajstić information content (AvgIpc) is 3.07. The number of hydrogen-bond acceptors (Lipinski definition) is 7. The normalized spacial score (nSPS) is 10.6. The lowest BCUT2D eigenvalue weighted by Crippen LogP contribution is -2.25. The first kappa shape index (κ1) is 16.8. The minimum atomic E-state index is -0.551. The number of rotatable bonds is 4. The third kappa shape index (κ3) is 3.26. The molecule has 1 aromatic carbocycles. The van der Waals surface area contributed by atoms with Crippen molar-refractivity contribution in [2.24, 2.45) is 7.05 Å². The second-order valence-corrected chi connectivity index (χ2v) is 5.89. The molecular weight excluding hydrogens is 344 g/mol. The zero-order chi connectivity index (χ0) is 18.0. The van der Waals surface area contributed by atoms with Crippen LogP contribution in [0.25, 0.3) is 10.8 Å². The molecule has 3 rings (SSSR count). The Morgan fingerprint density at radius 2 is 2.00 bits per heavy atom. The molecule has 0 radical (unpaired) electrons. The van der Waals surface area contributed by atoms with E-state index >= 15 is 0 Å². The van der Waals surface area contributed by atoms with E-state index in [4.69, 9.17) is 4.74 Å². The lowest BCUT2D eigenvalue weighted by Gasteiger charge is -2.07. The monoisotopic (exact) mass is 358 g/mol. The summed E-state index contributed by atoms with van der Waals surface area (Å²) in [4.78, 5) is 40.3. The van der Waals surface area contributed by atoms with Crippen LogP contribution in [0, 0.1) is 0 Å². The predicted octanol–water partition coefficient (Wildman–Crippen LogP) is 1.82. The van der Waals surface area contributed by atoms with E-state index in [-0.39, 0.29) is 28.7 Å². The molecule has 3 aromatic rings. The van der Waals surface area contributed by atoms with E-state index < -0.39 is 11.9 Å². The number of anilines is 1. The summed E-state index contributed by atoms with van der Waals surface area (Å²) < 4.78 is 5.97. The van der Waals surface area contributed by atoms with Crippen LogP contribution in [0.3, 0.4) is 0 Å². The number of carbonyl (C=O) groups is 2. The molecule has 0 unspecified atom stereocenters. The molecule has 0 saturated heterocycles. The molecule has 25 heavy (non-hydrogen) atoms. The number of nitrogens with one attached hydrogen (secondary N) is 1. The van der Waals surface area contributed by atoms with E-state index in [0.717, 1.165) is 16.0 Å². The molecular formula is C16H14N4O4S. The fraction of sp³-hybridized carbons (Fsp3) is 0.188. The summed E-state index contributed by atoms with van der Waals surface area (Å²) in [7, 11) is 1.48. The van der Waals surface area contributed by atoms with Crippen LogP contribution in [0.2, 0.25) is 0 Å². The van der Waals surface area contributed by atoms with Gasteiger partial charge in [0.25, 0.3) is 11.5 Å². The highest BCUT2D eigenvalue weighted by Crippen LogP contribution is 2.19. The van der Waals surface area contributed by atoms with Gasteiger partial charge in [-0.3, -0.25) is 14.9 Å². The minimum Gasteiger partial charge on any atom is -0.461 e. The molecule has 1 N–H and O–H groups in total. The van der Waals surface area contributed by atoms with Gasteiger partial charge in [0.1, 0.15) is 0 Å². The van der Waals surface area contributed by atoms with Crippen molar-refractivity contribution in [1.82, 2.24) is 14.8 Å². The third-order valence-electron chi connectivity index (χ3n) is 3.38. The van der Waals surface area contributed by atoms with Gasteiger partial charge in [-0.2, -0.15) is 5.10 Å². The Balaban J connectivity index is 1.92. The van der Waals surface area contributed by atoms with Gasteiger partial charge in [0.15, 0.2) is 16.5 Å². The van der Waals surface area contributed by atoms with Gasteiger partial charge in [0.2, 0.25) is 0 Å². The summed E-state index contributed by atoms with van der Waals surface area (Å²) in [5, 5.41) is 9.23. The number of esters is 1. The van der Waals surface area contributed by atoms with Crippen LogP contribution in [-0.4, -0.2) is 33.2 Å². The topological polar surface area (TPSA) is 103 Å². The van der Waals surface area contributed by atoms with E-state index in [1.807, 2.05) is 0 Å². The molecule has 0 spiro atoms. The quantitative estimate of drug-likeness (QED) is 0.714. The molecule has 128 valence electrons. The molecule has 1 amide bonds. The fourth-order valence-electron chi connectivity index (χ4n) is 2.25. The van der Waals surface area contributed by atoms with E-state index in [9.17, 15) is 14.4 Å². The first-order valence-corrected chi connectivity index (χ1v) is 8.29. The summed E-state index contributed by atoms with van der Waals surface area (Å²) in [5.41, 5.74) is -0.0583. The summed E-state index contributed by atoms with van der Waals surface area (Å²) in [6, 6.07) is 6.74. The number of thiazole rings is 1. The van der Waals surface area contributed by atoms with Gasteiger partial charge in [0, 0.05) is 17.8 Å². The number of nitrogens with zero attached hydrogens (tertiary/aromatic N) is 3. The first-order chi connectivity index (χ1) is 12.0. The summed E-state index contributed by atoms with van der Waals surface area (Å²) in [6.07, 6.45) is 0. The fourth-order valence-corrected chi connectivity index (χ4v) is 2.93. The Kier molecular flexibility index (Phi) is 4.57. The average molecular weight is 358 g/mol. The largest absolute Gasteiger partial charge is 0.461 e. The molecule has 0 aliphatic heterocycles. The SMILES string of the molecule is CCOC(=O)c1csc(NC(=O)c2nn(C)c(=O)c3ccccc23)n1. The minimum absolute atomic E-state index is 0.102. The van der Waals surface area contributed by atoms with Gasteiger partial charge in [-0.15, -0.1) is 11.3 Å². The van der Waals surface area contributed by atoms with Crippen LogP contribution in [0.15, 0.2) is 34.4 Å². The van der Waals surface area contributed by atoms with Crippen LogP contribution in [-0.2, 0) is 11.8 Å². The van der Waals surface area contributed by atoms with Crippen molar-refractivity contribution < 1.29 is 14.3 Å². The Bertz CT molecular complexity index is 1020. The van der Waals surface area contributed by atoms with Crippen molar-refractivity contribution in [3.8, 4) is 0 Å². The summed E-state index contributed by atoms with van der Waals surface area (Å²) in [6.45, 7) is 1.94. The third-order valence-corrected chi connectivity index (χ3v) is 4.14. The van der Waals surface area contributed by atoms with Gasteiger partial charge >= 0.3 is 5.97 Å². The van der Waals surface area contributed by atoms with Crippen LogP contribution < -0.4 is 10.9 Å². The zero-order valence-corrected chi connectivity index (χ0v) is 14.3. The maximum Gasteiger partial charge on any atom is 0.357 e. The molecule has 0 aliphatic rings. The van der Waals surface area contributed by atoms with Crippen molar-refractivity contribution in [3.63, 3.8) is 0 Å². The van der Waals surface area contributed by atoms with Crippen LogP contribution in [0.5, 0.6) is 0 Å². The van der Waals surface area contributed by atoms with Crippen molar-refractivity contribution in [2.75, 3.05) is 11.9 Å². The van der Waals surface area contributed by atoms with Crippen molar-refractivity contribution in [2.45, 2.75) is 6.92 Å². The van der Waals surface area contributed by atoms with E-state index in [2.05, 4.69) is 15.4 Å². The van der Waals surface area contributed by atoms with Crippen LogP contribution in [0.4, 0.5) is 5.13 Å². The number of aryl methyl sites for hydroxylation is 1. The number of aromatic nitrogens is 3. The second kappa shape index (κ2) is 6.81. The van der Waals surface area contributed by atoms with Crippen LogP contribution >= 0.6 is 11.3 Å². The van der Waals surface area contributed by atoms with E-state index in [0.29, 0.717) is 10.8 Å². The van der Waals surface area contributed by atoms with Gasteiger partial charge in [-0.05, 0) is 13.0 Å². The molecule has 0 fully saturated rings. The molecule has 2 heterocycles. The van der Waals surface area contributed by atoms with Crippen molar-refractivity contribution in [3.05, 3.63) is 51.4 Å². The van der Waals surface area contributed by atoms with Crippen molar-refractivity contribution >= 4 is 39.1 Å². The Hall–Kier alpha value is -3.07. The molecule has 8 nitrogen and oxygen atoms in total. The Labute approximate surface area is 146 Å². The van der Waals surface area contributed by atoms with E-state index in [1.165, 1.54) is 12.4 Å². The van der Waals surface area contributed by atoms with Gasteiger partial charge in [-0.1, -0.05) is 18.2 Å². The van der Waals surface area contributed by atoms with Crippen LogP contribution in [0.1, 0.15) is 27.9 Å². The molecule has 0 bridgehead atoms. The molecule has 0 saturated carbocycles. The second-order valence-electron chi connectivity index (χ2n) is 5.04. The number of benzene rings is 1. The summed E-state index contributed by atoms with van der Waals surface area (Å²) >= 11 is 1.10. The Morgan fingerprint density at radius 3 is 2.72 bits per heavy atom. The van der Waals surface area contributed by atoms with Crippen molar-refractivity contribution in [1.29, 1.82) is 0 Å². The zero-order valence-electron chi connectivity index (χ0n) is 13.5. The maximum atomic E-state index is 12.6. The van der Waals surface area contributed by atoms with Gasteiger partial charge in [-0.25, -0.2) is 14.5 Å². The number of carbonyl (C=O) groups excluding carboxylic acids is 2. The standard InChI is InChI=1S/C16H14N4O4S/c1-3-24-15(23)11-8-25-16(17-11)18-13(21)12-9-6-4-5-7-10(9)14(22)20(2)19-12/h4-8H,3H2,1-2H3,(H,17,18,21). The lowest BCUT2D eigenvalue weighted by molar-refractivity contribution is 0.0520. The number of hydrogen-bond donors (Lipinski definition) is 1. The smallest absolute Gasteiger partial charge is 0.357 e. The molecule has 2 aromatic heterocycles. The summed E-state index contributed by atoms with van der Waals surface area (Å²) in [5.74, 6) is -1.07. The predicted molar refractivity (Wildman–Crippen MR) is 93.0 cm³/mol. The number of ether oxygens (including phenoxy) is 1. The molecule has 0 atom stereocenters. The van der Waals surface area contributed by atoms with Gasteiger partial charge in [0.05, 0.1) is 12.0 Å². The Morgan fingerprint density at radius 1 is 1.28 bits per heavy atom. The van der Waals surface area contributed by atoms with E-state index in [1.54, 1.807) is 31.2 Å². The number of amides is 1. The molecule has 9 heteroatoms. The molecule has 0 aliphatic carbocycles. The highest BCUT2D eigenvalue weighted by Gasteiger charge is 2.18. The lowest BCUT2D eigenvalue weighted by atomic mass is 10.1. The highest BCUT2D eigenvalue weighted by atomic mass is 32.1. The first-order valence-electron chi connectivity index (χ1n) is 7.41.